The standard InChI is InChI=1S/C26H31FN4O4S/c1-17(32)36-23-11-13-30(25(26(35)18-9-10-18)21-6-2-3-7-22(21)27)15-19(23)14-20-16-31(29-28-20)12-5-4-8-24(33)34/h2-3,6-7,14,16,18,23,25H,4-5,8-13,15H2,1H3,(H,33,34)/b19-14-. The molecule has 10 heteroatoms. The third-order valence-electron chi connectivity index (χ3n) is 6.52. The van der Waals surface area contributed by atoms with Crippen LogP contribution in [0.4, 0.5) is 4.39 Å². The summed E-state index contributed by atoms with van der Waals surface area (Å²) >= 11 is 1.27. The van der Waals surface area contributed by atoms with Crippen LogP contribution in [0, 0.1) is 11.7 Å². The number of benzene rings is 1. The van der Waals surface area contributed by atoms with Gasteiger partial charge in [-0.25, -0.2) is 4.39 Å². The molecular formula is C26H31FN4O4S. The fourth-order valence-corrected chi connectivity index (χ4v) is 5.54. The fourth-order valence-electron chi connectivity index (χ4n) is 4.62. The minimum atomic E-state index is -0.816. The first-order chi connectivity index (χ1) is 17.3. The summed E-state index contributed by atoms with van der Waals surface area (Å²) in [5.41, 5.74) is 1.98. The van der Waals surface area contributed by atoms with Crippen molar-refractivity contribution < 1.29 is 23.9 Å². The number of nitrogens with zero attached hydrogens (tertiary/aromatic N) is 4. The Bertz CT molecular complexity index is 1150. The van der Waals surface area contributed by atoms with Crippen LogP contribution >= 0.6 is 11.8 Å². The molecule has 2 atom stereocenters. The summed E-state index contributed by atoms with van der Waals surface area (Å²) in [6.07, 6.45) is 7.41. The van der Waals surface area contributed by atoms with E-state index in [9.17, 15) is 18.8 Å². The smallest absolute Gasteiger partial charge is 0.303 e. The van der Waals surface area contributed by atoms with E-state index in [0.717, 1.165) is 18.4 Å². The Morgan fingerprint density at radius 2 is 2.00 bits per heavy atom. The summed E-state index contributed by atoms with van der Waals surface area (Å²) in [6, 6.07) is 5.82. The number of piperidine rings is 1. The second kappa shape index (κ2) is 11.9. The van der Waals surface area contributed by atoms with Crippen molar-refractivity contribution in [1.29, 1.82) is 0 Å². The summed E-state index contributed by atoms with van der Waals surface area (Å²) < 4.78 is 16.5. The lowest BCUT2D eigenvalue weighted by Crippen LogP contribution is -2.43. The van der Waals surface area contributed by atoms with Gasteiger partial charge in [-0.15, -0.1) is 5.10 Å². The number of carbonyl (C=O) groups excluding carboxylic acids is 2. The highest BCUT2D eigenvalue weighted by Crippen LogP contribution is 2.40. The van der Waals surface area contributed by atoms with Crippen molar-refractivity contribution in [3.05, 3.63) is 53.1 Å². The van der Waals surface area contributed by atoms with E-state index >= 15 is 0 Å². The SMILES string of the molecule is CC(=O)SC1CCN(C(C(=O)C2CC2)c2ccccc2F)C/C1=C/c1cn(CCCCC(=O)O)nn1. The van der Waals surface area contributed by atoms with Crippen LogP contribution in [0.3, 0.4) is 0 Å². The van der Waals surface area contributed by atoms with Gasteiger partial charge in [-0.3, -0.25) is 24.0 Å². The number of carbonyl (C=O) groups is 3. The molecule has 2 heterocycles. The van der Waals surface area contributed by atoms with Gasteiger partial charge < -0.3 is 5.11 Å². The molecule has 0 amide bonds. The van der Waals surface area contributed by atoms with E-state index in [4.69, 9.17) is 5.11 Å². The van der Waals surface area contributed by atoms with E-state index in [1.165, 1.54) is 17.8 Å². The maximum Gasteiger partial charge on any atom is 0.303 e. The number of rotatable bonds is 11. The summed E-state index contributed by atoms with van der Waals surface area (Å²) in [7, 11) is 0. The van der Waals surface area contributed by atoms with Gasteiger partial charge in [0, 0.05) is 49.7 Å². The van der Waals surface area contributed by atoms with E-state index in [0.29, 0.717) is 50.2 Å². The van der Waals surface area contributed by atoms with E-state index in [1.807, 2.05) is 11.0 Å². The van der Waals surface area contributed by atoms with Crippen LogP contribution < -0.4 is 0 Å². The lowest BCUT2D eigenvalue weighted by atomic mass is 9.93. The number of carboxylic acid groups (broad SMARTS) is 1. The van der Waals surface area contributed by atoms with E-state index in [2.05, 4.69) is 10.3 Å². The first-order valence-corrected chi connectivity index (χ1v) is 13.2. The van der Waals surface area contributed by atoms with Crippen molar-refractivity contribution >= 4 is 34.7 Å². The highest BCUT2D eigenvalue weighted by atomic mass is 32.2. The number of aryl methyl sites for hydroxylation is 1. The molecule has 8 nitrogen and oxygen atoms in total. The maximum absolute atomic E-state index is 14.8. The molecule has 2 fully saturated rings. The van der Waals surface area contributed by atoms with Gasteiger partial charge in [-0.1, -0.05) is 35.2 Å². The molecule has 2 unspecified atom stereocenters. The largest absolute Gasteiger partial charge is 0.481 e. The number of Topliss-reactive ketones (excluding diaryl/α,β-unsaturated/α-hetero) is 1. The third-order valence-corrected chi connectivity index (χ3v) is 7.67. The monoisotopic (exact) mass is 514 g/mol. The molecule has 2 aliphatic rings. The molecule has 1 aliphatic heterocycles. The normalized spacial score (nSPS) is 20.4. The molecule has 1 saturated heterocycles. The van der Waals surface area contributed by atoms with Gasteiger partial charge in [0.1, 0.15) is 11.5 Å². The van der Waals surface area contributed by atoms with Gasteiger partial charge in [-0.05, 0) is 49.8 Å². The molecule has 1 aromatic heterocycles. The number of hydrogen-bond acceptors (Lipinski definition) is 7. The van der Waals surface area contributed by atoms with Gasteiger partial charge in [-0.2, -0.15) is 0 Å². The zero-order valence-corrected chi connectivity index (χ0v) is 21.1. The Labute approximate surface area is 213 Å². The molecule has 1 aliphatic carbocycles. The van der Waals surface area contributed by atoms with Gasteiger partial charge in [0.15, 0.2) is 10.9 Å². The van der Waals surface area contributed by atoms with Crippen molar-refractivity contribution in [3.63, 3.8) is 0 Å². The van der Waals surface area contributed by atoms with Gasteiger partial charge in [0.2, 0.25) is 0 Å². The van der Waals surface area contributed by atoms with Crippen LogP contribution in [0.5, 0.6) is 0 Å². The van der Waals surface area contributed by atoms with Crippen LogP contribution in [0.15, 0.2) is 36.0 Å². The minimum Gasteiger partial charge on any atom is -0.481 e. The molecule has 192 valence electrons. The number of thioether (sulfide) groups is 1. The zero-order valence-electron chi connectivity index (χ0n) is 20.3. The first-order valence-electron chi connectivity index (χ1n) is 12.3. The predicted octanol–water partition coefficient (Wildman–Crippen LogP) is 4.13. The number of likely N-dealkylation sites (tertiary alicyclic amines) is 1. The number of ketones is 1. The quantitative estimate of drug-likeness (QED) is 0.446. The average Bonchev–Trinajstić information content (AvgIpc) is 3.59. The van der Waals surface area contributed by atoms with Gasteiger partial charge in [0.05, 0.1) is 12.2 Å². The van der Waals surface area contributed by atoms with Crippen LogP contribution in [0.1, 0.15) is 62.7 Å². The maximum atomic E-state index is 14.8. The summed E-state index contributed by atoms with van der Waals surface area (Å²) in [5.74, 6) is -1.16. The second-order valence-corrected chi connectivity index (χ2v) is 10.8. The summed E-state index contributed by atoms with van der Waals surface area (Å²) in [5, 5.41) is 17.1. The minimum absolute atomic E-state index is 0.0149. The molecule has 0 bridgehead atoms. The Kier molecular flexibility index (Phi) is 8.68. The van der Waals surface area contributed by atoms with Crippen LogP contribution in [-0.4, -0.2) is 60.2 Å². The van der Waals surface area contributed by atoms with Crippen molar-refractivity contribution in [2.24, 2.45) is 5.92 Å². The molecule has 4 rings (SSSR count). The molecule has 1 N–H and O–H groups in total. The van der Waals surface area contributed by atoms with Crippen LogP contribution in [0.2, 0.25) is 0 Å². The number of aliphatic carboxylic acids is 1. The number of carboxylic acids is 1. The first kappa shape index (κ1) is 26.2. The molecule has 0 radical (unpaired) electrons. The second-order valence-electron chi connectivity index (χ2n) is 9.43. The van der Waals surface area contributed by atoms with Crippen molar-refractivity contribution in [2.75, 3.05) is 13.1 Å². The van der Waals surface area contributed by atoms with E-state index in [-0.39, 0.29) is 34.3 Å². The molecular weight excluding hydrogens is 483 g/mol. The lowest BCUT2D eigenvalue weighted by molar-refractivity contribution is -0.137. The molecule has 2 aromatic rings. The van der Waals surface area contributed by atoms with Gasteiger partial charge >= 0.3 is 5.97 Å². The average molecular weight is 515 g/mol. The van der Waals surface area contributed by atoms with Crippen molar-refractivity contribution in [1.82, 2.24) is 19.9 Å². The van der Waals surface area contributed by atoms with E-state index < -0.39 is 12.0 Å². The molecule has 1 saturated carbocycles. The Morgan fingerprint density at radius 1 is 1.22 bits per heavy atom. The van der Waals surface area contributed by atoms with E-state index in [1.54, 1.807) is 36.0 Å². The summed E-state index contributed by atoms with van der Waals surface area (Å²) in [4.78, 5) is 38.0. The Morgan fingerprint density at radius 3 is 2.69 bits per heavy atom. The number of aromatic nitrogens is 3. The predicted molar refractivity (Wildman–Crippen MR) is 135 cm³/mol. The molecule has 36 heavy (non-hydrogen) atoms. The molecule has 1 aromatic carbocycles. The fraction of sp³-hybridized carbons (Fsp3) is 0.500. The Balaban J connectivity index is 1.55. The highest BCUT2D eigenvalue weighted by molar-refractivity contribution is 8.14. The number of unbranched alkanes of at least 4 members (excludes halogenated alkanes) is 1. The van der Waals surface area contributed by atoms with Crippen LogP contribution in [0.25, 0.3) is 6.08 Å². The van der Waals surface area contributed by atoms with Crippen LogP contribution in [-0.2, 0) is 20.9 Å². The molecule has 0 spiro atoms. The van der Waals surface area contributed by atoms with Crippen molar-refractivity contribution in [3.8, 4) is 0 Å². The zero-order chi connectivity index (χ0) is 25.7. The number of halogens is 1. The third kappa shape index (κ3) is 6.88. The van der Waals surface area contributed by atoms with Crippen molar-refractivity contribution in [2.45, 2.75) is 63.3 Å². The Hall–Kier alpha value is -2.85. The number of hydrogen-bond donors (Lipinski definition) is 1. The summed E-state index contributed by atoms with van der Waals surface area (Å²) in [6.45, 7) is 3.11. The van der Waals surface area contributed by atoms with Gasteiger partial charge in [0.25, 0.3) is 0 Å². The topological polar surface area (TPSA) is 105 Å². The lowest BCUT2D eigenvalue weighted by Gasteiger charge is -2.38. The highest BCUT2D eigenvalue weighted by Gasteiger charge is 2.41.